The Morgan fingerprint density at radius 3 is 2.72 bits per heavy atom. The van der Waals surface area contributed by atoms with E-state index in [1.807, 2.05) is 0 Å². The van der Waals surface area contributed by atoms with Crippen molar-refractivity contribution in [1.82, 2.24) is 4.72 Å². The van der Waals surface area contributed by atoms with E-state index in [4.69, 9.17) is 10.2 Å². The van der Waals surface area contributed by atoms with E-state index in [-0.39, 0.29) is 11.4 Å². The van der Waals surface area contributed by atoms with Crippen molar-refractivity contribution in [1.29, 1.82) is 0 Å². The molecular formula is C12H14N2O3S. The van der Waals surface area contributed by atoms with Gasteiger partial charge in [-0.15, -0.1) is 0 Å². The molecule has 0 saturated heterocycles. The van der Waals surface area contributed by atoms with Crippen LogP contribution in [0.4, 0.5) is 5.69 Å². The molecule has 0 aliphatic carbocycles. The molecule has 1 aromatic carbocycles. The molecule has 0 aliphatic rings. The minimum atomic E-state index is -3.54. The maximum atomic E-state index is 12.0. The summed E-state index contributed by atoms with van der Waals surface area (Å²) < 4.78 is 31.5. The number of hydrogen-bond acceptors (Lipinski definition) is 4. The first-order chi connectivity index (χ1) is 8.49. The molecule has 0 radical (unpaired) electrons. The van der Waals surface area contributed by atoms with Crippen LogP contribution in [0.5, 0.6) is 0 Å². The second kappa shape index (κ2) is 4.83. The van der Waals surface area contributed by atoms with Gasteiger partial charge in [-0.3, -0.25) is 0 Å². The molecule has 0 atom stereocenters. The summed E-state index contributed by atoms with van der Waals surface area (Å²) >= 11 is 0. The lowest BCUT2D eigenvalue weighted by molar-refractivity contribution is 0.498. The van der Waals surface area contributed by atoms with Gasteiger partial charge < -0.3 is 10.2 Å². The molecule has 2 aromatic rings. The van der Waals surface area contributed by atoms with Crippen LogP contribution in [0.1, 0.15) is 11.3 Å². The fourth-order valence-corrected chi connectivity index (χ4v) is 2.56. The van der Waals surface area contributed by atoms with Crippen LogP contribution in [0.3, 0.4) is 0 Å². The van der Waals surface area contributed by atoms with Crippen molar-refractivity contribution in [3.63, 3.8) is 0 Å². The summed E-state index contributed by atoms with van der Waals surface area (Å²) in [6, 6.07) is 8.01. The lowest BCUT2D eigenvalue weighted by atomic mass is 10.2. The van der Waals surface area contributed by atoms with E-state index in [2.05, 4.69) is 4.72 Å². The van der Waals surface area contributed by atoms with Gasteiger partial charge >= 0.3 is 0 Å². The minimum Gasteiger partial charge on any atom is -0.468 e. The Labute approximate surface area is 106 Å². The molecule has 1 aromatic heterocycles. The van der Waals surface area contributed by atoms with E-state index in [1.54, 1.807) is 31.2 Å². The summed E-state index contributed by atoms with van der Waals surface area (Å²) in [7, 11) is -3.54. The first-order valence-corrected chi connectivity index (χ1v) is 6.85. The highest BCUT2D eigenvalue weighted by atomic mass is 32.2. The van der Waals surface area contributed by atoms with E-state index >= 15 is 0 Å². The summed E-state index contributed by atoms with van der Waals surface area (Å²) in [4.78, 5) is 0.195. The zero-order chi connectivity index (χ0) is 13.2. The number of aryl methyl sites for hydroxylation is 1. The SMILES string of the molecule is Cc1cc(S(=O)(=O)NCc2ccco2)ccc1N. The zero-order valence-corrected chi connectivity index (χ0v) is 10.7. The maximum absolute atomic E-state index is 12.0. The Morgan fingerprint density at radius 1 is 1.33 bits per heavy atom. The number of benzene rings is 1. The van der Waals surface area contributed by atoms with Crippen molar-refractivity contribution in [2.45, 2.75) is 18.4 Å². The van der Waals surface area contributed by atoms with Crippen molar-refractivity contribution in [3.05, 3.63) is 47.9 Å². The Kier molecular flexibility index (Phi) is 3.40. The highest BCUT2D eigenvalue weighted by Gasteiger charge is 2.14. The average molecular weight is 266 g/mol. The van der Waals surface area contributed by atoms with E-state index in [9.17, 15) is 8.42 Å². The van der Waals surface area contributed by atoms with Crippen molar-refractivity contribution >= 4 is 15.7 Å². The lowest BCUT2D eigenvalue weighted by Crippen LogP contribution is -2.23. The van der Waals surface area contributed by atoms with Gasteiger partial charge in [0.05, 0.1) is 17.7 Å². The fourth-order valence-electron chi connectivity index (χ4n) is 1.48. The molecule has 2 rings (SSSR count). The molecule has 6 heteroatoms. The number of hydrogen-bond donors (Lipinski definition) is 2. The molecule has 0 fully saturated rings. The number of anilines is 1. The Hall–Kier alpha value is -1.79. The largest absolute Gasteiger partial charge is 0.468 e. The van der Waals surface area contributed by atoms with Crippen molar-refractivity contribution in [2.75, 3.05) is 5.73 Å². The highest BCUT2D eigenvalue weighted by molar-refractivity contribution is 7.89. The van der Waals surface area contributed by atoms with Crippen LogP contribution >= 0.6 is 0 Å². The molecule has 3 N–H and O–H groups in total. The standard InChI is InChI=1S/C12H14N2O3S/c1-9-7-11(4-5-12(9)13)18(15,16)14-8-10-3-2-6-17-10/h2-7,14H,8,13H2,1H3. The normalized spacial score (nSPS) is 11.6. The topological polar surface area (TPSA) is 85.3 Å². The molecule has 0 spiro atoms. The van der Waals surface area contributed by atoms with Gasteiger partial charge in [0, 0.05) is 5.69 Å². The number of rotatable bonds is 4. The van der Waals surface area contributed by atoms with Gasteiger partial charge in [0.1, 0.15) is 5.76 Å². The van der Waals surface area contributed by atoms with Crippen LogP contribution in [0, 0.1) is 6.92 Å². The van der Waals surface area contributed by atoms with Crippen LogP contribution in [-0.2, 0) is 16.6 Å². The van der Waals surface area contributed by atoms with Gasteiger partial charge in [-0.05, 0) is 42.8 Å². The first kappa shape index (κ1) is 12.7. The fraction of sp³-hybridized carbons (Fsp3) is 0.167. The van der Waals surface area contributed by atoms with Crippen LogP contribution < -0.4 is 10.5 Å². The van der Waals surface area contributed by atoms with Crippen LogP contribution in [-0.4, -0.2) is 8.42 Å². The van der Waals surface area contributed by atoms with Crippen molar-refractivity contribution in [2.24, 2.45) is 0 Å². The van der Waals surface area contributed by atoms with E-state index in [1.165, 1.54) is 12.3 Å². The molecule has 1 heterocycles. The lowest BCUT2D eigenvalue weighted by Gasteiger charge is -2.07. The van der Waals surface area contributed by atoms with Crippen LogP contribution in [0.2, 0.25) is 0 Å². The third-order valence-corrected chi connectivity index (χ3v) is 3.97. The quantitative estimate of drug-likeness (QED) is 0.824. The maximum Gasteiger partial charge on any atom is 0.240 e. The van der Waals surface area contributed by atoms with Crippen LogP contribution in [0.25, 0.3) is 0 Å². The summed E-state index contributed by atoms with van der Waals surface area (Å²) in [5.41, 5.74) is 6.95. The number of furan rings is 1. The Morgan fingerprint density at radius 2 is 2.11 bits per heavy atom. The molecule has 18 heavy (non-hydrogen) atoms. The predicted molar refractivity (Wildman–Crippen MR) is 68.3 cm³/mol. The molecule has 0 unspecified atom stereocenters. The van der Waals surface area contributed by atoms with Gasteiger partial charge in [0.25, 0.3) is 0 Å². The molecule has 0 aliphatic heterocycles. The van der Waals surface area contributed by atoms with Crippen LogP contribution in [0.15, 0.2) is 45.9 Å². The molecule has 0 bridgehead atoms. The molecule has 96 valence electrons. The number of nitrogen functional groups attached to an aromatic ring is 1. The summed E-state index contributed by atoms with van der Waals surface area (Å²) in [5, 5.41) is 0. The monoisotopic (exact) mass is 266 g/mol. The second-order valence-electron chi connectivity index (χ2n) is 3.92. The number of nitrogens with one attached hydrogen (secondary N) is 1. The Balaban J connectivity index is 2.17. The molecule has 0 amide bonds. The van der Waals surface area contributed by atoms with Crippen molar-refractivity contribution < 1.29 is 12.8 Å². The number of sulfonamides is 1. The van der Waals surface area contributed by atoms with E-state index < -0.39 is 10.0 Å². The molecule has 5 nitrogen and oxygen atoms in total. The molecule has 0 saturated carbocycles. The third-order valence-electron chi connectivity index (χ3n) is 2.57. The van der Waals surface area contributed by atoms with E-state index in [0.29, 0.717) is 11.4 Å². The molecular weight excluding hydrogens is 252 g/mol. The van der Waals surface area contributed by atoms with E-state index in [0.717, 1.165) is 5.56 Å². The summed E-state index contributed by atoms with van der Waals surface area (Å²) in [6.45, 7) is 1.89. The summed E-state index contributed by atoms with van der Waals surface area (Å²) in [6.07, 6.45) is 1.50. The second-order valence-corrected chi connectivity index (χ2v) is 5.69. The van der Waals surface area contributed by atoms with Gasteiger partial charge in [0.2, 0.25) is 10.0 Å². The predicted octanol–water partition coefficient (Wildman–Crippen LogP) is 1.65. The van der Waals surface area contributed by atoms with Gasteiger partial charge in [-0.25, -0.2) is 13.1 Å². The van der Waals surface area contributed by atoms with Gasteiger partial charge in [0.15, 0.2) is 0 Å². The van der Waals surface area contributed by atoms with Gasteiger partial charge in [-0.1, -0.05) is 0 Å². The highest BCUT2D eigenvalue weighted by Crippen LogP contribution is 2.17. The minimum absolute atomic E-state index is 0.124. The number of nitrogens with two attached hydrogens (primary N) is 1. The van der Waals surface area contributed by atoms with Crippen molar-refractivity contribution in [3.8, 4) is 0 Å². The van der Waals surface area contributed by atoms with Gasteiger partial charge in [-0.2, -0.15) is 0 Å². The first-order valence-electron chi connectivity index (χ1n) is 5.37. The average Bonchev–Trinajstić information content (AvgIpc) is 2.83. The Bertz CT molecular complexity index is 633. The smallest absolute Gasteiger partial charge is 0.240 e. The zero-order valence-electron chi connectivity index (χ0n) is 9.88. The third kappa shape index (κ3) is 2.72. The summed E-state index contributed by atoms with van der Waals surface area (Å²) in [5.74, 6) is 0.561.